The highest BCUT2D eigenvalue weighted by molar-refractivity contribution is 5.88. The van der Waals surface area contributed by atoms with E-state index >= 15 is 4.79 Å². The largest absolute Gasteiger partial charge is 0.497 e. The molecule has 0 saturated carbocycles. The molecule has 77 heavy (non-hydrogen) atoms. The van der Waals surface area contributed by atoms with Gasteiger partial charge in [0, 0.05) is 19.1 Å². The van der Waals surface area contributed by atoms with Gasteiger partial charge in [-0.3, -0.25) is 19.3 Å². The molecule has 3 N–H and O–H groups in total. The Hall–Kier alpha value is -6.09. The van der Waals surface area contributed by atoms with Crippen molar-refractivity contribution in [2.45, 2.75) is 163 Å². The fraction of sp³-hybridized carbons (Fsp3) is 0.632. The normalized spacial score (nSPS) is 29.0. The third-order valence-electron chi connectivity index (χ3n) is 17.6. The second-order valence-electron chi connectivity index (χ2n) is 23.2. The first kappa shape index (κ1) is 54.3. The van der Waals surface area contributed by atoms with Crippen LogP contribution in [0.2, 0.25) is 0 Å². The maximum Gasteiger partial charge on any atom is 0.339 e. The summed E-state index contributed by atoms with van der Waals surface area (Å²) in [7, 11) is 5.33. The van der Waals surface area contributed by atoms with Crippen molar-refractivity contribution in [2.24, 2.45) is 11.8 Å². The van der Waals surface area contributed by atoms with Crippen LogP contribution in [0.15, 0.2) is 47.9 Å². The summed E-state index contributed by atoms with van der Waals surface area (Å²) in [6.45, 7) is 7.93. The SMILES string of the molecule is COC(=O)C[C@](O)(CCCC(C)(C)O)C(=O)O[C@@H]1C(OC)=C[C@]23C[C@@H]([C@@H]4CC[C@]56C=C(OC)[C@@H](OC(=O)[C@@](O)(CCC(C)C)CC(=O)OC)[C@H]5c5cc7c(cc5CCN46)OCO7)C(=O)N2CCc2cc4c(cc2[C@H]13)OCO4. The van der Waals surface area contributed by atoms with Gasteiger partial charge in [-0.05, 0) is 143 Å². The molecule has 2 aliphatic carbocycles. The van der Waals surface area contributed by atoms with Crippen LogP contribution >= 0.6 is 0 Å². The van der Waals surface area contributed by atoms with E-state index in [4.69, 9.17) is 47.4 Å². The van der Waals surface area contributed by atoms with E-state index < -0.39 is 101 Å². The van der Waals surface area contributed by atoms with Gasteiger partial charge in [-0.15, -0.1) is 0 Å². The second-order valence-corrected chi connectivity index (χ2v) is 23.2. The molecule has 418 valence electrons. The van der Waals surface area contributed by atoms with Crippen molar-refractivity contribution in [1.82, 2.24) is 9.80 Å². The average molecular weight is 1070 g/mol. The van der Waals surface area contributed by atoms with E-state index in [-0.39, 0.29) is 69.8 Å². The van der Waals surface area contributed by atoms with Crippen molar-refractivity contribution in [1.29, 1.82) is 0 Å². The van der Waals surface area contributed by atoms with Gasteiger partial charge in [0.05, 0.1) is 75.7 Å². The molecule has 8 aliphatic rings. The summed E-state index contributed by atoms with van der Waals surface area (Å²) < 4.78 is 58.7. The van der Waals surface area contributed by atoms with E-state index in [1.54, 1.807) is 13.8 Å². The van der Waals surface area contributed by atoms with Gasteiger partial charge >= 0.3 is 23.9 Å². The van der Waals surface area contributed by atoms with Crippen LogP contribution in [0.5, 0.6) is 23.0 Å². The van der Waals surface area contributed by atoms with Crippen molar-refractivity contribution in [3.05, 3.63) is 70.2 Å². The van der Waals surface area contributed by atoms with Gasteiger partial charge in [-0.1, -0.05) is 13.8 Å². The first-order chi connectivity index (χ1) is 36.6. The summed E-state index contributed by atoms with van der Waals surface area (Å²) in [5.41, 5.74) is -4.40. The summed E-state index contributed by atoms with van der Waals surface area (Å²) in [4.78, 5) is 75.0. The molecule has 6 heterocycles. The monoisotopic (exact) mass is 1070 g/mol. The fourth-order valence-electron chi connectivity index (χ4n) is 13.9. The van der Waals surface area contributed by atoms with Crippen molar-refractivity contribution in [3.8, 4) is 23.0 Å². The summed E-state index contributed by atoms with van der Waals surface area (Å²) in [6, 6.07) is 7.26. The number of carbonyl (C=O) groups excluding carboxylic acids is 5. The number of aliphatic hydroxyl groups is 3. The van der Waals surface area contributed by atoms with Crippen LogP contribution in [-0.2, 0) is 65.2 Å². The lowest BCUT2D eigenvalue weighted by Crippen LogP contribution is -2.53. The van der Waals surface area contributed by atoms with Gasteiger partial charge in [0.1, 0.15) is 11.5 Å². The third-order valence-corrected chi connectivity index (χ3v) is 17.6. The van der Waals surface area contributed by atoms with E-state index in [1.807, 2.05) is 55.2 Å². The smallest absolute Gasteiger partial charge is 0.339 e. The van der Waals surface area contributed by atoms with Crippen LogP contribution in [0.25, 0.3) is 0 Å². The second kappa shape index (κ2) is 20.3. The summed E-state index contributed by atoms with van der Waals surface area (Å²) in [5, 5.41) is 34.7. The molecule has 2 aromatic rings. The quantitative estimate of drug-likeness (QED) is 0.134. The molecule has 2 fully saturated rings. The predicted molar refractivity (Wildman–Crippen MR) is 270 cm³/mol. The van der Waals surface area contributed by atoms with Gasteiger partial charge in [-0.25, -0.2) is 9.59 Å². The number of fused-ring (bicyclic) bond motifs is 6. The number of ether oxygens (including phenoxy) is 10. The standard InChI is InChI=1S/C57H72N2O18/c1-31(2)10-17-57(67,28-45(61)71-8)52(64)76-48-42(68-5)25-54-16-11-37(58(54)18-12-32-20-38-40(74-29-72-38)22-34(32)46(48)54)36-24-55-26-43(69-6)49(77-51(63)56(66,27-44(60)70-7)15-9-14-53(3,4)65)47(55)35-23-41-39(73-30-75-41)21-33(35)13-19-59(55)50(36)62/h20-23,25-26,31,36-37,46-49,65-67H,9-19,24,27-30H2,1-8H3/t36-,37-,46+,47+,48+,49+,54-,55-,56+,57+/m0/s1. The van der Waals surface area contributed by atoms with E-state index in [9.17, 15) is 34.5 Å². The molecule has 20 heteroatoms. The Kier molecular flexibility index (Phi) is 14.3. The number of methoxy groups -OCH3 is 4. The van der Waals surface area contributed by atoms with E-state index in [1.165, 1.54) is 21.3 Å². The highest BCUT2D eigenvalue weighted by Crippen LogP contribution is 2.62. The van der Waals surface area contributed by atoms with Crippen LogP contribution in [0, 0.1) is 11.8 Å². The number of hydrogen-bond donors (Lipinski definition) is 3. The van der Waals surface area contributed by atoms with Crippen LogP contribution < -0.4 is 18.9 Å². The number of carbonyl (C=O) groups is 5. The Bertz CT molecular complexity index is 2770. The highest BCUT2D eigenvalue weighted by atomic mass is 16.7. The Morgan fingerprint density at radius 2 is 1.19 bits per heavy atom. The molecule has 1 amide bonds. The molecule has 10 atom stereocenters. The topological polar surface area (TPSA) is 245 Å². The fourth-order valence-corrected chi connectivity index (χ4v) is 13.9. The zero-order chi connectivity index (χ0) is 55.0. The molecule has 0 unspecified atom stereocenters. The first-order valence-electron chi connectivity index (χ1n) is 26.8. The zero-order valence-corrected chi connectivity index (χ0v) is 45.2. The van der Waals surface area contributed by atoms with Gasteiger partial charge in [0.2, 0.25) is 19.5 Å². The van der Waals surface area contributed by atoms with Crippen molar-refractivity contribution in [3.63, 3.8) is 0 Å². The number of amides is 1. The van der Waals surface area contributed by atoms with Crippen LogP contribution in [0.1, 0.15) is 126 Å². The molecule has 2 aromatic carbocycles. The lowest BCUT2D eigenvalue weighted by Gasteiger charge is -2.42. The molecule has 0 radical (unpaired) electrons. The van der Waals surface area contributed by atoms with E-state index in [2.05, 4.69) is 4.90 Å². The predicted octanol–water partition coefficient (Wildman–Crippen LogP) is 4.79. The Labute approximate surface area is 447 Å². The minimum atomic E-state index is -2.35. The number of esters is 4. The van der Waals surface area contributed by atoms with Crippen molar-refractivity contribution in [2.75, 3.05) is 55.1 Å². The van der Waals surface area contributed by atoms with Crippen LogP contribution in [0.3, 0.4) is 0 Å². The zero-order valence-electron chi connectivity index (χ0n) is 45.2. The molecular weight excluding hydrogens is 1000 g/mol. The molecule has 2 saturated heterocycles. The van der Waals surface area contributed by atoms with Gasteiger partial charge in [0.15, 0.2) is 46.4 Å². The molecule has 10 rings (SSSR count). The maximum atomic E-state index is 15.8. The van der Waals surface area contributed by atoms with Gasteiger partial charge in [0.25, 0.3) is 0 Å². The third kappa shape index (κ3) is 9.43. The number of hydrogen-bond acceptors (Lipinski definition) is 19. The first-order valence-corrected chi connectivity index (χ1v) is 26.8. The minimum Gasteiger partial charge on any atom is -0.497 e. The van der Waals surface area contributed by atoms with E-state index in [0.717, 1.165) is 29.4 Å². The Morgan fingerprint density at radius 1 is 0.701 bits per heavy atom. The highest BCUT2D eigenvalue weighted by Gasteiger charge is 2.68. The molecule has 20 nitrogen and oxygen atoms in total. The van der Waals surface area contributed by atoms with Crippen molar-refractivity contribution >= 4 is 29.8 Å². The Morgan fingerprint density at radius 3 is 1.70 bits per heavy atom. The molecule has 0 bridgehead atoms. The van der Waals surface area contributed by atoms with Crippen LogP contribution in [-0.4, -0.2) is 156 Å². The summed E-state index contributed by atoms with van der Waals surface area (Å²) >= 11 is 0. The average Bonchev–Trinajstić information content (AvgIpc) is 4.43. The molecule has 0 aromatic heterocycles. The van der Waals surface area contributed by atoms with Gasteiger partial charge in [-0.2, -0.15) is 0 Å². The molecule has 2 spiro atoms. The van der Waals surface area contributed by atoms with Crippen molar-refractivity contribution < 1.29 is 86.7 Å². The lowest BCUT2D eigenvalue weighted by atomic mass is 9.75. The lowest BCUT2D eigenvalue weighted by molar-refractivity contribution is -0.178. The maximum absolute atomic E-state index is 15.8. The number of benzene rings is 2. The Balaban J connectivity index is 1.03. The molecular formula is C57H72N2O18. The summed E-state index contributed by atoms with van der Waals surface area (Å²) in [5.74, 6) is -3.05. The van der Waals surface area contributed by atoms with Crippen LogP contribution in [0.4, 0.5) is 0 Å². The minimum absolute atomic E-state index is 0.00447. The van der Waals surface area contributed by atoms with E-state index in [0.29, 0.717) is 67.4 Å². The number of rotatable bonds is 18. The molecule has 6 aliphatic heterocycles. The van der Waals surface area contributed by atoms with Gasteiger partial charge < -0.3 is 67.6 Å². The summed E-state index contributed by atoms with van der Waals surface area (Å²) in [6.07, 6.45) is 3.06. The number of nitrogens with zero attached hydrogens (tertiary/aromatic N) is 2.